The van der Waals surface area contributed by atoms with Crippen LogP contribution in [-0.4, -0.2) is 16.6 Å². The third-order valence-electron chi connectivity index (χ3n) is 1.97. The van der Waals surface area contributed by atoms with Crippen LogP contribution in [0.3, 0.4) is 0 Å². The molecule has 0 aromatic heterocycles. The van der Waals surface area contributed by atoms with Gasteiger partial charge in [-0.05, 0) is 26.0 Å². The summed E-state index contributed by atoms with van der Waals surface area (Å²) >= 11 is 3.09. The first-order valence-corrected chi connectivity index (χ1v) is 5.73. The predicted octanol–water partition coefficient (Wildman–Crippen LogP) is 1.54. The van der Waals surface area contributed by atoms with Crippen LogP contribution in [0.5, 0.6) is 0 Å². The second-order valence-corrected chi connectivity index (χ2v) is 4.80. The molecule has 1 unspecified atom stereocenters. The lowest BCUT2D eigenvalue weighted by molar-refractivity contribution is -0.120. The number of nitrogens with one attached hydrogen (secondary N) is 2. The van der Waals surface area contributed by atoms with E-state index >= 15 is 0 Å². The highest BCUT2D eigenvalue weighted by Gasteiger charge is 2.10. The molecule has 5 heteroatoms. The van der Waals surface area contributed by atoms with Crippen LogP contribution in [-0.2, 0) is 4.79 Å². The minimum atomic E-state index is -0.342. The standard InChI is InChI=1S/C11H13BrN2O2/c1-7-3-5-9(6-4-7)11(16)14-13-10(15)8(2)12/h3-6,8H,1-2H3,(H,13,15)(H,14,16). The zero-order chi connectivity index (χ0) is 12.1. The summed E-state index contributed by atoms with van der Waals surface area (Å²) in [6, 6.07) is 7.08. The summed E-state index contributed by atoms with van der Waals surface area (Å²) in [6.07, 6.45) is 0. The van der Waals surface area contributed by atoms with E-state index in [4.69, 9.17) is 0 Å². The van der Waals surface area contributed by atoms with Crippen LogP contribution in [0.4, 0.5) is 0 Å². The van der Waals surface area contributed by atoms with Crippen LogP contribution >= 0.6 is 15.9 Å². The van der Waals surface area contributed by atoms with Crippen LogP contribution in [0.15, 0.2) is 24.3 Å². The molecule has 0 spiro atoms. The monoisotopic (exact) mass is 284 g/mol. The molecule has 16 heavy (non-hydrogen) atoms. The summed E-state index contributed by atoms with van der Waals surface area (Å²) in [5.41, 5.74) is 6.23. The lowest BCUT2D eigenvalue weighted by atomic mass is 10.1. The van der Waals surface area contributed by atoms with Crippen molar-refractivity contribution in [2.75, 3.05) is 0 Å². The van der Waals surface area contributed by atoms with Gasteiger partial charge in [0.15, 0.2) is 0 Å². The summed E-state index contributed by atoms with van der Waals surface area (Å²) in [5, 5.41) is 0. The molecule has 4 nitrogen and oxygen atoms in total. The van der Waals surface area contributed by atoms with Gasteiger partial charge >= 0.3 is 0 Å². The smallest absolute Gasteiger partial charge is 0.269 e. The summed E-state index contributed by atoms with van der Waals surface area (Å²) in [6.45, 7) is 3.61. The molecule has 0 saturated carbocycles. The molecule has 1 rings (SSSR count). The van der Waals surface area contributed by atoms with Gasteiger partial charge in [0.25, 0.3) is 11.8 Å². The molecule has 0 radical (unpaired) electrons. The number of halogens is 1. The summed E-state index contributed by atoms with van der Waals surface area (Å²) < 4.78 is 0. The summed E-state index contributed by atoms with van der Waals surface area (Å²) in [7, 11) is 0. The molecule has 1 aromatic rings. The van der Waals surface area contributed by atoms with Crippen molar-refractivity contribution in [2.24, 2.45) is 0 Å². The number of rotatable bonds is 2. The Kier molecular flexibility index (Phi) is 4.49. The first kappa shape index (κ1) is 12.7. The molecule has 0 aliphatic carbocycles. The Hall–Kier alpha value is -1.36. The fraction of sp³-hybridized carbons (Fsp3) is 0.273. The molecule has 2 amide bonds. The van der Waals surface area contributed by atoms with E-state index in [1.807, 2.05) is 19.1 Å². The maximum absolute atomic E-state index is 11.5. The van der Waals surface area contributed by atoms with Gasteiger partial charge in [-0.3, -0.25) is 20.4 Å². The van der Waals surface area contributed by atoms with E-state index in [0.717, 1.165) is 5.56 Å². The number of carbonyl (C=O) groups is 2. The Balaban J connectivity index is 2.53. The third kappa shape index (κ3) is 3.66. The van der Waals surface area contributed by atoms with Crippen molar-refractivity contribution in [3.05, 3.63) is 35.4 Å². The van der Waals surface area contributed by atoms with Crippen molar-refractivity contribution in [1.82, 2.24) is 10.9 Å². The number of benzene rings is 1. The van der Waals surface area contributed by atoms with Gasteiger partial charge in [-0.25, -0.2) is 0 Å². The second-order valence-electron chi connectivity index (χ2n) is 3.43. The van der Waals surface area contributed by atoms with Gasteiger partial charge in [0, 0.05) is 5.56 Å². The molecule has 0 aliphatic heterocycles. The van der Waals surface area contributed by atoms with Crippen LogP contribution in [0.1, 0.15) is 22.8 Å². The van der Waals surface area contributed by atoms with Crippen LogP contribution < -0.4 is 10.9 Å². The number of carbonyl (C=O) groups excluding carboxylic acids is 2. The van der Waals surface area contributed by atoms with Gasteiger partial charge in [-0.15, -0.1) is 0 Å². The Morgan fingerprint density at radius 1 is 1.19 bits per heavy atom. The van der Waals surface area contributed by atoms with Gasteiger partial charge < -0.3 is 0 Å². The van der Waals surface area contributed by atoms with E-state index in [9.17, 15) is 9.59 Å². The highest BCUT2D eigenvalue weighted by atomic mass is 79.9. The zero-order valence-electron chi connectivity index (χ0n) is 9.08. The van der Waals surface area contributed by atoms with Gasteiger partial charge in [0.2, 0.25) is 0 Å². The van der Waals surface area contributed by atoms with Crippen molar-refractivity contribution in [1.29, 1.82) is 0 Å². The van der Waals surface area contributed by atoms with Gasteiger partial charge in [0.1, 0.15) is 0 Å². The van der Waals surface area contributed by atoms with Crippen molar-refractivity contribution in [3.63, 3.8) is 0 Å². The first-order chi connectivity index (χ1) is 7.50. The molecule has 1 aromatic carbocycles. The third-order valence-corrected chi connectivity index (χ3v) is 2.39. The molecular formula is C11H13BrN2O2. The lowest BCUT2D eigenvalue weighted by Gasteiger charge is -2.08. The molecule has 86 valence electrons. The number of hydrogen-bond donors (Lipinski definition) is 2. The zero-order valence-corrected chi connectivity index (χ0v) is 10.7. The minimum absolute atomic E-state index is 0.291. The maximum atomic E-state index is 11.5. The highest BCUT2D eigenvalue weighted by Crippen LogP contribution is 2.02. The Morgan fingerprint density at radius 2 is 1.75 bits per heavy atom. The number of amides is 2. The van der Waals surface area contributed by atoms with Crippen molar-refractivity contribution >= 4 is 27.7 Å². The number of hydrogen-bond acceptors (Lipinski definition) is 2. The van der Waals surface area contributed by atoms with E-state index < -0.39 is 0 Å². The number of aryl methyl sites for hydroxylation is 1. The number of hydrazine groups is 1. The summed E-state index contributed by atoms with van der Waals surface area (Å²) in [4.78, 5) is 22.4. The van der Waals surface area contributed by atoms with Crippen molar-refractivity contribution < 1.29 is 9.59 Å². The van der Waals surface area contributed by atoms with Gasteiger partial charge in [-0.2, -0.15) is 0 Å². The second kappa shape index (κ2) is 5.65. The Labute approximate surface area is 103 Å². The average molecular weight is 285 g/mol. The lowest BCUT2D eigenvalue weighted by Crippen LogP contribution is -2.44. The first-order valence-electron chi connectivity index (χ1n) is 4.81. The van der Waals surface area contributed by atoms with Crippen LogP contribution in [0.2, 0.25) is 0 Å². The minimum Gasteiger partial charge on any atom is -0.272 e. The maximum Gasteiger partial charge on any atom is 0.269 e. The molecule has 0 bridgehead atoms. The fourth-order valence-corrected chi connectivity index (χ4v) is 1.11. The number of alkyl halides is 1. The largest absolute Gasteiger partial charge is 0.272 e. The van der Waals surface area contributed by atoms with Gasteiger partial charge in [0.05, 0.1) is 4.83 Å². The fourth-order valence-electron chi connectivity index (χ4n) is 0.995. The van der Waals surface area contributed by atoms with Crippen molar-refractivity contribution in [2.45, 2.75) is 18.7 Å². The van der Waals surface area contributed by atoms with Gasteiger partial charge in [-0.1, -0.05) is 33.6 Å². The highest BCUT2D eigenvalue weighted by molar-refractivity contribution is 9.10. The van der Waals surface area contributed by atoms with Crippen LogP contribution in [0.25, 0.3) is 0 Å². The topological polar surface area (TPSA) is 58.2 Å². The molecule has 0 saturated heterocycles. The molecule has 0 heterocycles. The Morgan fingerprint density at radius 3 is 2.25 bits per heavy atom. The molecule has 2 N–H and O–H groups in total. The molecule has 1 atom stereocenters. The van der Waals surface area contributed by atoms with Crippen molar-refractivity contribution in [3.8, 4) is 0 Å². The van der Waals surface area contributed by atoms with E-state index in [-0.39, 0.29) is 16.6 Å². The summed E-state index contributed by atoms with van der Waals surface area (Å²) in [5.74, 6) is -0.623. The van der Waals surface area contributed by atoms with E-state index in [2.05, 4.69) is 26.8 Å². The average Bonchev–Trinajstić information content (AvgIpc) is 2.26. The Bertz CT molecular complexity index is 387. The SMILES string of the molecule is Cc1ccc(C(=O)NNC(=O)C(C)Br)cc1. The van der Waals surface area contributed by atoms with Crippen LogP contribution in [0, 0.1) is 6.92 Å². The molecule has 0 aliphatic rings. The predicted molar refractivity (Wildman–Crippen MR) is 65.2 cm³/mol. The van der Waals surface area contributed by atoms with E-state index in [1.165, 1.54) is 0 Å². The van der Waals surface area contributed by atoms with E-state index in [0.29, 0.717) is 5.56 Å². The van der Waals surface area contributed by atoms with E-state index in [1.54, 1.807) is 19.1 Å². The quantitative estimate of drug-likeness (QED) is 0.639. The molecular weight excluding hydrogens is 272 g/mol. The normalized spacial score (nSPS) is 11.7. The molecule has 0 fully saturated rings.